The van der Waals surface area contributed by atoms with Gasteiger partial charge in [-0.3, -0.25) is 14.7 Å². The number of nitrogens with zero attached hydrogens (tertiary/aromatic N) is 1. The molecule has 24 heavy (non-hydrogen) atoms. The number of rotatable bonds is 7. The van der Waals surface area contributed by atoms with E-state index in [-0.39, 0.29) is 18.9 Å². The van der Waals surface area contributed by atoms with E-state index in [4.69, 9.17) is 16.3 Å². The molecule has 0 spiro atoms. The first-order valence-corrected chi connectivity index (χ1v) is 7.70. The number of aryl methyl sites for hydroxylation is 1. The van der Waals surface area contributed by atoms with Gasteiger partial charge in [0, 0.05) is 17.8 Å². The first-order valence-electron chi connectivity index (χ1n) is 7.32. The normalized spacial score (nSPS) is 10.5. The molecule has 0 radical (unpaired) electrons. The Labute approximate surface area is 144 Å². The summed E-state index contributed by atoms with van der Waals surface area (Å²) in [7, 11) is 1.58. The van der Waals surface area contributed by atoms with Crippen LogP contribution in [0.1, 0.15) is 23.4 Å². The molecule has 0 saturated carbocycles. The summed E-state index contributed by atoms with van der Waals surface area (Å²) in [6.45, 7) is 2.51. The highest BCUT2D eigenvalue weighted by atomic mass is 35.5. The zero-order valence-electron chi connectivity index (χ0n) is 13.5. The molecule has 7 nitrogen and oxygen atoms in total. The highest BCUT2D eigenvalue weighted by Gasteiger charge is 2.11. The Kier molecular flexibility index (Phi) is 6.34. The number of benzene rings is 1. The van der Waals surface area contributed by atoms with Crippen LogP contribution in [-0.4, -0.2) is 29.1 Å². The van der Waals surface area contributed by atoms with Gasteiger partial charge in [0.1, 0.15) is 6.42 Å². The highest BCUT2D eigenvalue weighted by molar-refractivity contribution is 6.31. The molecule has 2 amide bonds. The molecule has 8 heteroatoms. The van der Waals surface area contributed by atoms with E-state index in [1.54, 1.807) is 31.4 Å². The van der Waals surface area contributed by atoms with Crippen molar-refractivity contribution in [2.24, 2.45) is 0 Å². The van der Waals surface area contributed by atoms with Crippen LogP contribution in [0, 0.1) is 6.92 Å². The molecule has 1 aromatic carbocycles. The molecule has 1 heterocycles. The highest BCUT2D eigenvalue weighted by Crippen LogP contribution is 2.20. The molecule has 0 atom stereocenters. The van der Waals surface area contributed by atoms with E-state index in [2.05, 4.69) is 20.8 Å². The Balaban J connectivity index is 1.80. The zero-order chi connectivity index (χ0) is 17.5. The lowest BCUT2D eigenvalue weighted by Gasteiger charge is -2.09. The monoisotopic (exact) mass is 350 g/mol. The summed E-state index contributed by atoms with van der Waals surface area (Å²) < 4.78 is 4.96. The first-order chi connectivity index (χ1) is 11.5. The summed E-state index contributed by atoms with van der Waals surface area (Å²) in [5.41, 5.74) is 2.95. The van der Waals surface area contributed by atoms with Gasteiger partial charge in [0.15, 0.2) is 0 Å². The number of anilines is 1. The summed E-state index contributed by atoms with van der Waals surface area (Å²) in [4.78, 5) is 23.8. The van der Waals surface area contributed by atoms with Gasteiger partial charge in [-0.15, -0.1) is 0 Å². The van der Waals surface area contributed by atoms with E-state index in [1.807, 2.05) is 6.92 Å². The molecule has 3 N–H and O–H groups in total. The minimum atomic E-state index is -0.400. The summed E-state index contributed by atoms with van der Waals surface area (Å²) in [6.07, 6.45) is -0.273. The maximum atomic E-state index is 11.9. The standard InChI is InChI=1S/C16H19ClN4O3/c1-10-3-4-11(17)5-14(10)19-16(23)7-15(22)18-8-12-6-13(9-24-2)21-20-12/h3-6H,7-9H2,1-2H3,(H,18,22)(H,19,23)(H,20,21). The van der Waals surface area contributed by atoms with Crippen molar-refractivity contribution in [2.75, 3.05) is 12.4 Å². The van der Waals surface area contributed by atoms with Crippen molar-refractivity contribution < 1.29 is 14.3 Å². The summed E-state index contributed by atoms with van der Waals surface area (Å²) >= 11 is 5.90. The third kappa shape index (κ3) is 5.36. The summed E-state index contributed by atoms with van der Waals surface area (Å²) in [5, 5.41) is 12.7. The van der Waals surface area contributed by atoms with Gasteiger partial charge in [-0.2, -0.15) is 5.10 Å². The minimum absolute atomic E-state index is 0.263. The van der Waals surface area contributed by atoms with Gasteiger partial charge in [-0.25, -0.2) is 0 Å². The largest absolute Gasteiger partial charge is 0.378 e. The predicted octanol–water partition coefficient (Wildman–Crippen LogP) is 2.16. The predicted molar refractivity (Wildman–Crippen MR) is 90.6 cm³/mol. The third-order valence-electron chi connectivity index (χ3n) is 3.25. The minimum Gasteiger partial charge on any atom is -0.378 e. The summed E-state index contributed by atoms with van der Waals surface area (Å²) in [6, 6.07) is 6.98. The molecule has 0 aliphatic heterocycles. The number of methoxy groups -OCH3 is 1. The number of aromatic nitrogens is 2. The van der Waals surface area contributed by atoms with Crippen LogP contribution in [0.4, 0.5) is 5.69 Å². The second-order valence-corrected chi connectivity index (χ2v) is 5.71. The van der Waals surface area contributed by atoms with Gasteiger partial charge in [-0.1, -0.05) is 17.7 Å². The van der Waals surface area contributed by atoms with E-state index in [9.17, 15) is 9.59 Å². The Morgan fingerprint density at radius 1 is 1.29 bits per heavy atom. The molecule has 2 rings (SSSR count). The number of hydrogen-bond donors (Lipinski definition) is 3. The molecule has 0 saturated heterocycles. The molecule has 0 bridgehead atoms. The Morgan fingerprint density at radius 3 is 2.83 bits per heavy atom. The van der Waals surface area contributed by atoms with Crippen LogP contribution in [0.15, 0.2) is 24.3 Å². The van der Waals surface area contributed by atoms with Crippen molar-refractivity contribution in [1.29, 1.82) is 0 Å². The number of ether oxygens (including phenoxy) is 1. The van der Waals surface area contributed by atoms with Crippen molar-refractivity contribution in [3.05, 3.63) is 46.2 Å². The Morgan fingerprint density at radius 2 is 2.08 bits per heavy atom. The van der Waals surface area contributed by atoms with E-state index in [0.717, 1.165) is 17.0 Å². The first kappa shape index (κ1) is 18.0. The van der Waals surface area contributed by atoms with Crippen molar-refractivity contribution >= 4 is 29.1 Å². The third-order valence-corrected chi connectivity index (χ3v) is 3.48. The Hall–Kier alpha value is -2.38. The van der Waals surface area contributed by atoms with Gasteiger partial charge < -0.3 is 15.4 Å². The maximum absolute atomic E-state index is 11.9. The fraction of sp³-hybridized carbons (Fsp3) is 0.312. The fourth-order valence-corrected chi connectivity index (χ4v) is 2.22. The van der Waals surface area contributed by atoms with Gasteiger partial charge >= 0.3 is 0 Å². The second-order valence-electron chi connectivity index (χ2n) is 5.28. The van der Waals surface area contributed by atoms with Crippen LogP contribution < -0.4 is 10.6 Å². The van der Waals surface area contributed by atoms with Crippen molar-refractivity contribution in [3.8, 4) is 0 Å². The smallest absolute Gasteiger partial charge is 0.233 e. The number of halogens is 1. The lowest BCUT2D eigenvalue weighted by Crippen LogP contribution is -2.28. The fourth-order valence-electron chi connectivity index (χ4n) is 2.05. The second kappa shape index (κ2) is 8.47. The number of aromatic amines is 1. The van der Waals surface area contributed by atoms with Crippen molar-refractivity contribution in [3.63, 3.8) is 0 Å². The quantitative estimate of drug-likeness (QED) is 0.667. The van der Waals surface area contributed by atoms with Crippen LogP contribution in [0.5, 0.6) is 0 Å². The van der Waals surface area contributed by atoms with Crippen LogP contribution in [-0.2, 0) is 27.5 Å². The molecular formula is C16H19ClN4O3. The van der Waals surface area contributed by atoms with Crippen LogP contribution >= 0.6 is 11.6 Å². The van der Waals surface area contributed by atoms with Crippen LogP contribution in [0.25, 0.3) is 0 Å². The molecule has 128 valence electrons. The van der Waals surface area contributed by atoms with E-state index >= 15 is 0 Å². The molecule has 0 aliphatic rings. The van der Waals surface area contributed by atoms with Gasteiger partial charge in [-0.05, 0) is 30.7 Å². The van der Waals surface area contributed by atoms with Gasteiger partial charge in [0.25, 0.3) is 0 Å². The van der Waals surface area contributed by atoms with Crippen molar-refractivity contribution in [1.82, 2.24) is 15.5 Å². The maximum Gasteiger partial charge on any atom is 0.233 e. The number of nitrogens with one attached hydrogen (secondary N) is 3. The topological polar surface area (TPSA) is 96.1 Å². The molecule has 0 fully saturated rings. The van der Waals surface area contributed by atoms with E-state index < -0.39 is 5.91 Å². The summed E-state index contributed by atoms with van der Waals surface area (Å²) in [5.74, 6) is -0.780. The van der Waals surface area contributed by atoms with Crippen LogP contribution in [0.3, 0.4) is 0 Å². The lowest BCUT2D eigenvalue weighted by atomic mass is 10.2. The molecule has 1 aromatic heterocycles. The Bertz CT molecular complexity index is 730. The zero-order valence-corrected chi connectivity index (χ0v) is 14.2. The number of hydrogen-bond acceptors (Lipinski definition) is 4. The van der Waals surface area contributed by atoms with Crippen molar-refractivity contribution in [2.45, 2.75) is 26.5 Å². The lowest BCUT2D eigenvalue weighted by molar-refractivity contribution is -0.126. The average molecular weight is 351 g/mol. The van der Waals surface area contributed by atoms with E-state index in [0.29, 0.717) is 17.3 Å². The number of H-pyrrole nitrogens is 1. The average Bonchev–Trinajstić information content (AvgIpc) is 2.97. The number of amides is 2. The SMILES string of the molecule is COCc1cc(CNC(=O)CC(=O)Nc2cc(Cl)ccc2C)[nH]n1. The van der Waals surface area contributed by atoms with Gasteiger partial charge in [0.05, 0.1) is 24.5 Å². The molecule has 0 aliphatic carbocycles. The number of carbonyl (C=O) groups is 2. The molecule has 0 unspecified atom stereocenters. The number of carbonyl (C=O) groups excluding carboxylic acids is 2. The van der Waals surface area contributed by atoms with Crippen LogP contribution in [0.2, 0.25) is 5.02 Å². The van der Waals surface area contributed by atoms with E-state index in [1.165, 1.54) is 0 Å². The molecular weight excluding hydrogens is 332 g/mol. The van der Waals surface area contributed by atoms with Gasteiger partial charge in [0.2, 0.25) is 11.8 Å². The molecule has 2 aromatic rings.